The molecule has 88 valence electrons. The molecule has 0 aliphatic heterocycles. The van der Waals surface area contributed by atoms with Crippen molar-refractivity contribution in [2.24, 2.45) is 0 Å². The quantitative estimate of drug-likeness (QED) is 0.758. The van der Waals surface area contributed by atoms with Gasteiger partial charge < -0.3 is 10.0 Å². The number of carboxylic acid groups (broad SMARTS) is 1. The Kier molecular flexibility index (Phi) is 6.20. The Hall–Kier alpha value is -0.290. The van der Waals surface area contributed by atoms with Crippen molar-refractivity contribution in [3.05, 3.63) is 0 Å². The van der Waals surface area contributed by atoms with Gasteiger partial charge in [0.25, 0.3) is 0 Å². The first-order valence-electron chi connectivity index (χ1n) is 5.12. The summed E-state index contributed by atoms with van der Waals surface area (Å²) in [5, 5.41) is 9.11. The van der Waals surface area contributed by atoms with Gasteiger partial charge in [0.2, 0.25) is 0 Å². The van der Waals surface area contributed by atoms with Crippen molar-refractivity contribution in [2.45, 2.75) is 38.9 Å². The van der Waals surface area contributed by atoms with Gasteiger partial charge in [0.05, 0.1) is 0 Å². The zero-order valence-corrected chi connectivity index (χ0v) is 11.4. The van der Waals surface area contributed by atoms with E-state index >= 15 is 0 Å². The van der Waals surface area contributed by atoms with Crippen molar-refractivity contribution in [3.63, 3.8) is 0 Å². The van der Waals surface area contributed by atoms with Crippen LogP contribution in [0.5, 0.6) is 0 Å². The minimum Gasteiger partial charge on any atom is -0.480 e. The van der Waals surface area contributed by atoms with Crippen LogP contribution in [-0.4, -0.2) is 38.1 Å². The van der Waals surface area contributed by atoms with Crippen LogP contribution in [-0.2, 0) is 4.79 Å². The minimum absolute atomic E-state index is 0.564. The summed E-state index contributed by atoms with van der Waals surface area (Å²) < 4.78 is -0.133. The highest BCUT2D eigenvalue weighted by Gasteiger charge is 2.34. The molecular weight excluding hydrogens is 230 g/mol. The van der Waals surface area contributed by atoms with Gasteiger partial charge in [0.1, 0.15) is 9.07 Å². The maximum absolute atomic E-state index is 11.1. The lowest BCUT2D eigenvalue weighted by atomic mass is 10.1. The molecule has 0 radical (unpaired) electrons. The van der Waals surface area contributed by atoms with Crippen molar-refractivity contribution in [1.82, 2.24) is 4.90 Å². The fraction of sp³-hybridized carbons (Fsp3) is 0.800. The van der Waals surface area contributed by atoms with Gasteiger partial charge in [-0.1, -0.05) is 30.9 Å². The summed E-state index contributed by atoms with van der Waals surface area (Å²) in [4.78, 5) is 13.1. The molecule has 1 unspecified atom stereocenters. The highest BCUT2D eigenvalue weighted by molar-refractivity contribution is 8.24. The molecule has 1 N–H and O–H groups in total. The Morgan fingerprint density at radius 1 is 1.40 bits per heavy atom. The average Bonchev–Trinajstić information content (AvgIpc) is 2.19. The number of hydrogen-bond acceptors (Lipinski definition) is 3. The summed E-state index contributed by atoms with van der Waals surface area (Å²) >= 11 is 6.50. The molecule has 0 saturated heterocycles. The van der Waals surface area contributed by atoms with Gasteiger partial charge in [-0.15, -0.1) is 0 Å². The van der Waals surface area contributed by atoms with Crippen LogP contribution in [0.3, 0.4) is 0 Å². The summed E-state index contributed by atoms with van der Waals surface area (Å²) in [5.74, 6) is -0.801. The topological polar surface area (TPSA) is 40.5 Å². The molecular formula is C10H19NO2S2. The molecule has 0 rings (SSSR count). The summed E-state index contributed by atoms with van der Waals surface area (Å²) in [6, 6.07) is 0. The molecule has 5 heteroatoms. The first-order chi connectivity index (χ1) is 6.91. The molecule has 15 heavy (non-hydrogen) atoms. The van der Waals surface area contributed by atoms with Crippen molar-refractivity contribution < 1.29 is 9.90 Å². The molecule has 0 bridgehead atoms. The number of nitrogens with zero attached hydrogens (tertiary/aromatic N) is 1. The molecule has 0 aromatic heterocycles. The van der Waals surface area contributed by atoms with Gasteiger partial charge in [-0.25, -0.2) is 0 Å². The highest BCUT2D eigenvalue weighted by atomic mass is 32.2. The number of carboxylic acids is 1. The van der Waals surface area contributed by atoms with Crippen LogP contribution in [0.25, 0.3) is 0 Å². The summed E-state index contributed by atoms with van der Waals surface area (Å²) in [5.41, 5.74) is 0. The smallest absolute Gasteiger partial charge is 0.319 e. The second-order valence-electron chi connectivity index (χ2n) is 3.43. The summed E-state index contributed by atoms with van der Waals surface area (Å²) in [6.07, 6.45) is 0.564. The largest absolute Gasteiger partial charge is 0.480 e. The van der Waals surface area contributed by atoms with E-state index in [1.807, 2.05) is 25.7 Å². The van der Waals surface area contributed by atoms with Crippen LogP contribution in [0.15, 0.2) is 0 Å². The number of hydrogen-bond donors (Lipinski definition) is 1. The number of rotatable bonds is 5. The maximum atomic E-state index is 11.1. The van der Waals surface area contributed by atoms with Crippen molar-refractivity contribution in [3.8, 4) is 0 Å². The molecule has 0 saturated carbocycles. The van der Waals surface area contributed by atoms with Gasteiger partial charge in [0.15, 0.2) is 0 Å². The molecule has 3 nitrogen and oxygen atoms in total. The van der Waals surface area contributed by atoms with Crippen molar-refractivity contribution in [2.75, 3.05) is 13.1 Å². The van der Waals surface area contributed by atoms with E-state index in [2.05, 4.69) is 0 Å². The van der Waals surface area contributed by atoms with Crippen LogP contribution in [0.2, 0.25) is 0 Å². The monoisotopic (exact) mass is 249 g/mol. The zero-order valence-electron chi connectivity index (χ0n) is 9.74. The predicted molar refractivity (Wildman–Crippen MR) is 69.4 cm³/mol. The third-order valence-electron chi connectivity index (χ3n) is 2.46. The normalized spacial score (nSPS) is 14.4. The second kappa shape index (κ2) is 6.33. The van der Waals surface area contributed by atoms with E-state index in [1.54, 1.807) is 6.92 Å². The summed E-state index contributed by atoms with van der Waals surface area (Å²) in [7, 11) is 0. The van der Waals surface area contributed by atoms with Crippen molar-refractivity contribution >= 4 is 34.3 Å². The molecule has 1 atom stereocenters. The Bertz CT molecular complexity index is 242. The second-order valence-corrected chi connectivity index (χ2v) is 5.57. The van der Waals surface area contributed by atoms with Crippen LogP contribution < -0.4 is 0 Å². The third-order valence-corrected chi connectivity index (χ3v) is 4.32. The number of thioether (sulfide) groups is 1. The van der Waals surface area contributed by atoms with E-state index in [0.717, 1.165) is 13.1 Å². The Morgan fingerprint density at radius 3 is 2.13 bits per heavy atom. The Labute approximate surface area is 101 Å². The first-order valence-corrected chi connectivity index (χ1v) is 6.35. The van der Waals surface area contributed by atoms with E-state index in [9.17, 15) is 4.79 Å². The van der Waals surface area contributed by atoms with Gasteiger partial charge >= 0.3 is 5.97 Å². The molecule has 0 aliphatic carbocycles. The first kappa shape index (κ1) is 14.7. The van der Waals surface area contributed by atoms with Gasteiger partial charge in [-0.3, -0.25) is 4.79 Å². The fourth-order valence-corrected chi connectivity index (χ4v) is 2.82. The molecule has 0 spiro atoms. The van der Waals surface area contributed by atoms with Gasteiger partial charge in [-0.2, -0.15) is 0 Å². The molecule has 0 aromatic rings. The zero-order chi connectivity index (χ0) is 12.1. The van der Waals surface area contributed by atoms with Crippen LogP contribution in [0.4, 0.5) is 0 Å². The lowest BCUT2D eigenvalue weighted by molar-refractivity contribution is -0.139. The van der Waals surface area contributed by atoms with E-state index in [0.29, 0.717) is 10.7 Å². The molecule has 0 amide bonds. The standard InChI is InChI=1S/C10H19NO2S2/c1-5-10(4,8(12)13)15-9(14)11(6-2)7-3/h5-7H2,1-4H3,(H,12,13). The van der Waals surface area contributed by atoms with E-state index < -0.39 is 10.7 Å². The number of aliphatic carboxylic acids is 1. The molecule has 0 aromatic carbocycles. The molecule has 0 aliphatic rings. The Morgan fingerprint density at radius 2 is 1.87 bits per heavy atom. The van der Waals surface area contributed by atoms with Crippen molar-refractivity contribution in [1.29, 1.82) is 0 Å². The number of thiocarbonyl (C=S) groups is 1. The lowest BCUT2D eigenvalue weighted by Crippen LogP contribution is -2.36. The maximum Gasteiger partial charge on any atom is 0.319 e. The van der Waals surface area contributed by atoms with E-state index in [1.165, 1.54) is 11.8 Å². The summed E-state index contributed by atoms with van der Waals surface area (Å²) in [6.45, 7) is 9.26. The SMILES string of the molecule is CCN(CC)C(=S)SC(C)(CC)C(=O)O. The van der Waals surface area contributed by atoms with Crippen LogP contribution in [0.1, 0.15) is 34.1 Å². The third kappa shape index (κ3) is 3.99. The molecule has 0 fully saturated rings. The number of carbonyl (C=O) groups is 1. The predicted octanol–water partition coefficient (Wildman–Crippen LogP) is 2.60. The van der Waals surface area contributed by atoms with Crippen LogP contribution in [0, 0.1) is 0 Å². The fourth-order valence-electron chi connectivity index (χ4n) is 1.01. The van der Waals surface area contributed by atoms with E-state index in [-0.39, 0.29) is 0 Å². The van der Waals surface area contributed by atoms with Crippen LogP contribution >= 0.6 is 24.0 Å². The highest BCUT2D eigenvalue weighted by Crippen LogP contribution is 2.31. The average molecular weight is 249 g/mol. The Balaban J connectivity index is 4.56. The van der Waals surface area contributed by atoms with Gasteiger partial charge in [0, 0.05) is 13.1 Å². The van der Waals surface area contributed by atoms with E-state index in [4.69, 9.17) is 17.3 Å². The van der Waals surface area contributed by atoms with Gasteiger partial charge in [-0.05, 0) is 27.2 Å². The molecule has 0 heterocycles. The minimum atomic E-state index is -0.806. The lowest BCUT2D eigenvalue weighted by Gasteiger charge is -2.28.